The number of esters is 1. The SMILES string of the molecule is CN(C)CC[N+]1(CC(=O)OC(C)(C)C)CCC(C(=O)O)CC1.O=C([O-])C(F)(F)F. The van der Waals surface area contributed by atoms with Gasteiger partial charge in [0.05, 0.1) is 25.6 Å². The normalized spacial score (nSPS) is 22.4. The van der Waals surface area contributed by atoms with E-state index in [0.29, 0.717) is 23.9 Å². The number of nitrogens with zero attached hydrogens (tertiary/aromatic N) is 2. The Morgan fingerprint density at radius 2 is 1.59 bits per heavy atom. The first-order chi connectivity index (χ1) is 13.0. The predicted molar refractivity (Wildman–Crippen MR) is 95.5 cm³/mol. The second kappa shape index (κ2) is 10.8. The highest BCUT2D eigenvalue weighted by Crippen LogP contribution is 2.24. The van der Waals surface area contributed by atoms with E-state index < -0.39 is 23.7 Å². The van der Waals surface area contributed by atoms with Crippen LogP contribution in [0.5, 0.6) is 0 Å². The average Bonchev–Trinajstić information content (AvgIpc) is 2.51. The summed E-state index contributed by atoms with van der Waals surface area (Å²) < 4.78 is 37.6. The van der Waals surface area contributed by atoms with Gasteiger partial charge in [0.1, 0.15) is 11.6 Å². The molecule has 29 heavy (non-hydrogen) atoms. The molecule has 1 saturated heterocycles. The number of likely N-dealkylation sites (tertiary alicyclic amines) is 1. The van der Waals surface area contributed by atoms with Gasteiger partial charge in [-0.05, 0) is 34.9 Å². The maximum absolute atomic E-state index is 12.2. The molecule has 1 aliphatic rings. The number of carboxylic acid groups (broad SMARTS) is 2. The fraction of sp³-hybridized carbons (Fsp3) is 0.833. The number of rotatable bonds is 6. The number of hydrogen-bond acceptors (Lipinski definition) is 6. The van der Waals surface area contributed by atoms with Crippen molar-refractivity contribution in [2.45, 2.75) is 45.4 Å². The lowest BCUT2D eigenvalue weighted by molar-refractivity contribution is -0.926. The Balaban J connectivity index is 0.000000956. The number of piperidine rings is 1. The number of carbonyl (C=O) groups is 3. The third-order valence-corrected chi connectivity index (χ3v) is 4.39. The minimum atomic E-state index is -5.19. The fourth-order valence-electron chi connectivity index (χ4n) is 2.88. The maximum atomic E-state index is 12.2. The van der Waals surface area contributed by atoms with E-state index >= 15 is 0 Å². The topological polar surface area (TPSA) is 107 Å². The molecular weight excluding hydrogens is 397 g/mol. The zero-order chi connectivity index (χ0) is 23.0. The van der Waals surface area contributed by atoms with Gasteiger partial charge in [-0.1, -0.05) is 0 Å². The zero-order valence-corrected chi connectivity index (χ0v) is 17.5. The van der Waals surface area contributed by atoms with Crippen molar-refractivity contribution in [2.24, 2.45) is 5.92 Å². The number of ether oxygens (including phenoxy) is 1. The van der Waals surface area contributed by atoms with Crippen LogP contribution in [0, 0.1) is 5.92 Å². The molecule has 1 N–H and O–H groups in total. The first kappa shape index (κ1) is 27.1. The lowest BCUT2D eigenvalue weighted by atomic mass is 9.94. The van der Waals surface area contributed by atoms with Crippen LogP contribution in [0.4, 0.5) is 13.2 Å². The summed E-state index contributed by atoms with van der Waals surface area (Å²) in [6.07, 6.45) is -3.93. The third-order valence-electron chi connectivity index (χ3n) is 4.39. The second-order valence-corrected chi connectivity index (χ2v) is 8.46. The summed E-state index contributed by atoms with van der Waals surface area (Å²) in [4.78, 5) is 34.2. The van der Waals surface area contributed by atoms with Gasteiger partial charge in [-0.15, -0.1) is 0 Å². The van der Waals surface area contributed by atoms with E-state index in [9.17, 15) is 22.8 Å². The van der Waals surface area contributed by atoms with Crippen LogP contribution in [0.25, 0.3) is 0 Å². The summed E-state index contributed by atoms with van der Waals surface area (Å²) in [6.45, 7) is 9.10. The van der Waals surface area contributed by atoms with Crippen molar-refractivity contribution in [2.75, 3.05) is 46.8 Å². The summed E-state index contributed by atoms with van der Waals surface area (Å²) in [5.74, 6) is -4.19. The Kier molecular flexibility index (Phi) is 10.1. The molecule has 0 unspecified atom stereocenters. The zero-order valence-electron chi connectivity index (χ0n) is 17.5. The first-order valence-electron chi connectivity index (χ1n) is 9.20. The van der Waals surface area contributed by atoms with Crippen LogP contribution in [0.2, 0.25) is 0 Å². The third kappa shape index (κ3) is 11.6. The van der Waals surface area contributed by atoms with Gasteiger partial charge in [-0.25, -0.2) is 4.79 Å². The summed E-state index contributed by atoms with van der Waals surface area (Å²) in [5.41, 5.74) is -0.484. The lowest BCUT2D eigenvalue weighted by Gasteiger charge is -2.43. The van der Waals surface area contributed by atoms with E-state index in [2.05, 4.69) is 4.90 Å². The van der Waals surface area contributed by atoms with Crippen LogP contribution >= 0.6 is 0 Å². The minimum Gasteiger partial charge on any atom is -0.542 e. The molecule has 0 aromatic heterocycles. The molecule has 170 valence electrons. The predicted octanol–water partition coefficient (Wildman–Crippen LogP) is 0.500. The lowest BCUT2D eigenvalue weighted by Crippen LogP contribution is -2.59. The van der Waals surface area contributed by atoms with Crippen molar-refractivity contribution < 1.29 is 47.0 Å². The number of likely N-dealkylation sites (N-methyl/N-ethyl adjacent to an activating group) is 1. The Morgan fingerprint density at radius 1 is 1.14 bits per heavy atom. The molecular formula is C18H31F3N2O6. The first-order valence-corrected chi connectivity index (χ1v) is 9.20. The highest BCUT2D eigenvalue weighted by molar-refractivity contribution is 5.71. The Bertz CT molecular complexity index is 565. The van der Waals surface area contributed by atoms with Crippen molar-refractivity contribution >= 4 is 17.9 Å². The standard InChI is InChI=1S/C16H30N2O4.C2HF3O2/c1-16(2,3)22-14(19)12-18(11-8-17(4)5)9-6-13(7-10-18)15(20)21;3-2(4,5)1(6)7/h13H,6-12H2,1-5H3;(H,6,7). The number of carboxylic acids is 2. The molecule has 8 nitrogen and oxygen atoms in total. The number of halogens is 3. The molecule has 1 rings (SSSR count). The molecule has 0 radical (unpaired) electrons. The van der Waals surface area contributed by atoms with Crippen LogP contribution in [0.1, 0.15) is 33.6 Å². The summed E-state index contributed by atoms with van der Waals surface area (Å²) in [7, 11) is 4.02. The van der Waals surface area contributed by atoms with Crippen LogP contribution in [-0.2, 0) is 19.1 Å². The van der Waals surface area contributed by atoms with Crippen LogP contribution in [0.3, 0.4) is 0 Å². The van der Waals surface area contributed by atoms with Crippen molar-refractivity contribution in [3.63, 3.8) is 0 Å². The van der Waals surface area contributed by atoms with Crippen LogP contribution in [0.15, 0.2) is 0 Å². The van der Waals surface area contributed by atoms with E-state index in [4.69, 9.17) is 19.7 Å². The van der Waals surface area contributed by atoms with Gasteiger partial charge in [0.15, 0.2) is 6.54 Å². The number of aliphatic carboxylic acids is 2. The molecule has 1 heterocycles. The monoisotopic (exact) mass is 428 g/mol. The van der Waals surface area contributed by atoms with E-state index in [1.54, 1.807) is 0 Å². The Hall–Kier alpha value is -1.88. The molecule has 1 aliphatic heterocycles. The van der Waals surface area contributed by atoms with Crippen LogP contribution < -0.4 is 5.11 Å². The Morgan fingerprint density at radius 3 is 1.90 bits per heavy atom. The molecule has 0 saturated carbocycles. The van der Waals surface area contributed by atoms with Crippen molar-refractivity contribution in [1.82, 2.24) is 4.90 Å². The molecule has 0 spiro atoms. The van der Waals surface area contributed by atoms with Crippen molar-refractivity contribution in [3.05, 3.63) is 0 Å². The van der Waals surface area contributed by atoms with Gasteiger partial charge >= 0.3 is 18.1 Å². The van der Waals surface area contributed by atoms with Gasteiger partial charge in [-0.2, -0.15) is 13.2 Å². The molecule has 0 bridgehead atoms. The van der Waals surface area contributed by atoms with Gasteiger partial charge in [0, 0.05) is 19.4 Å². The quantitative estimate of drug-likeness (QED) is 0.485. The number of alkyl halides is 3. The molecule has 0 atom stereocenters. The largest absolute Gasteiger partial charge is 0.542 e. The summed E-state index contributed by atoms with van der Waals surface area (Å²) in [5, 5.41) is 17.9. The highest BCUT2D eigenvalue weighted by Gasteiger charge is 2.39. The van der Waals surface area contributed by atoms with Gasteiger partial charge in [-0.3, -0.25) is 4.79 Å². The molecule has 1 fully saturated rings. The van der Waals surface area contributed by atoms with E-state index in [1.807, 2.05) is 34.9 Å². The number of carbonyl (C=O) groups excluding carboxylic acids is 2. The molecule has 0 amide bonds. The molecule has 0 aromatic carbocycles. The van der Waals surface area contributed by atoms with E-state index in [1.165, 1.54) is 0 Å². The second-order valence-electron chi connectivity index (χ2n) is 8.46. The minimum absolute atomic E-state index is 0.194. The summed E-state index contributed by atoms with van der Waals surface area (Å²) >= 11 is 0. The van der Waals surface area contributed by atoms with Gasteiger partial charge in [0.25, 0.3) is 0 Å². The van der Waals surface area contributed by atoms with Gasteiger partial charge in [0.2, 0.25) is 0 Å². The van der Waals surface area contributed by atoms with Crippen molar-refractivity contribution in [3.8, 4) is 0 Å². The Labute approximate surface area is 168 Å². The number of hydrogen-bond donors (Lipinski definition) is 1. The average molecular weight is 428 g/mol. The van der Waals surface area contributed by atoms with Crippen molar-refractivity contribution in [1.29, 1.82) is 0 Å². The highest BCUT2D eigenvalue weighted by atomic mass is 19.4. The van der Waals surface area contributed by atoms with E-state index in [0.717, 1.165) is 26.2 Å². The fourth-order valence-corrected chi connectivity index (χ4v) is 2.88. The maximum Gasteiger partial charge on any atom is 0.430 e. The van der Waals surface area contributed by atoms with E-state index in [-0.39, 0.29) is 11.9 Å². The molecule has 11 heteroatoms. The van der Waals surface area contributed by atoms with Crippen LogP contribution in [-0.4, -0.2) is 91.0 Å². The molecule has 0 aliphatic carbocycles. The number of quaternary nitrogens is 1. The van der Waals surface area contributed by atoms with Gasteiger partial charge < -0.3 is 29.1 Å². The summed E-state index contributed by atoms with van der Waals surface area (Å²) in [6, 6.07) is 0. The molecule has 0 aromatic rings. The smallest absolute Gasteiger partial charge is 0.430 e.